The Morgan fingerprint density at radius 1 is 1.05 bits per heavy atom. The lowest BCUT2D eigenvalue weighted by molar-refractivity contribution is 0.439. The molecule has 2 N–H and O–H groups in total. The maximum atomic E-state index is 5.91. The monoisotopic (exact) mass is 256 g/mol. The summed E-state index contributed by atoms with van der Waals surface area (Å²) in [6.45, 7) is 8.36. The lowest BCUT2D eigenvalue weighted by Crippen LogP contribution is -2.12. The smallest absolute Gasteiger partial charge is 0.219 e. The van der Waals surface area contributed by atoms with Crippen LogP contribution in [0.5, 0.6) is 11.6 Å². The summed E-state index contributed by atoms with van der Waals surface area (Å²) in [5.74, 6) is 1.41. The molecular formula is C16H20N2O. The van der Waals surface area contributed by atoms with Crippen molar-refractivity contribution in [1.29, 1.82) is 0 Å². The van der Waals surface area contributed by atoms with Crippen LogP contribution >= 0.6 is 0 Å². The molecule has 0 aliphatic heterocycles. The summed E-state index contributed by atoms with van der Waals surface area (Å²) in [5.41, 5.74) is 8.41. The number of hydrogen-bond acceptors (Lipinski definition) is 3. The lowest BCUT2D eigenvalue weighted by atomic mass is 9.86. The van der Waals surface area contributed by atoms with Crippen LogP contribution in [-0.2, 0) is 5.41 Å². The molecule has 0 unspecified atom stereocenters. The van der Waals surface area contributed by atoms with Gasteiger partial charge >= 0.3 is 0 Å². The SMILES string of the molecule is Cc1nc(Oc2ccccc2C(C)(C)C)ccc1N. The minimum atomic E-state index is 0.0272. The fourth-order valence-corrected chi connectivity index (χ4v) is 1.89. The molecule has 3 heteroatoms. The highest BCUT2D eigenvalue weighted by Crippen LogP contribution is 2.33. The number of nitrogen functional groups attached to an aromatic ring is 1. The highest BCUT2D eigenvalue weighted by atomic mass is 16.5. The zero-order chi connectivity index (χ0) is 14.0. The molecule has 0 fully saturated rings. The predicted molar refractivity (Wildman–Crippen MR) is 78.6 cm³/mol. The normalized spacial score (nSPS) is 11.4. The predicted octanol–water partition coefficient (Wildman–Crippen LogP) is 4.06. The number of benzene rings is 1. The van der Waals surface area contributed by atoms with Crippen molar-refractivity contribution in [2.45, 2.75) is 33.1 Å². The lowest BCUT2D eigenvalue weighted by Gasteiger charge is -2.22. The van der Waals surface area contributed by atoms with E-state index in [0.29, 0.717) is 11.6 Å². The maximum absolute atomic E-state index is 5.91. The summed E-state index contributed by atoms with van der Waals surface area (Å²) in [7, 11) is 0. The molecule has 0 spiro atoms. The zero-order valence-electron chi connectivity index (χ0n) is 11.9. The van der Waals surface area contributed by atoms with Gasteiger partial charge in [0.25, 0.3) is 0 Å². The quantitative estimate of drug-likeness (QED) is 0.881. The number of aryl methyl sites for hydroxylation is 1. The number of aromatic nitrogens is 1. The Morgan fingerprint density at radius 2 is 1.74 bits per heavy atom. The number of nitrogens with two attached hydrogens (primary N) is 1. The second-order valence-corrected chi connectivity index (χ2v) is 5.67. The van der Waals surface area contributed by atoms with Crippen molar-refractivity contribution in [3.05, 3.63) is 47.7 Å². The van der Waals surface area contributed by atoms with Crippen LogP contribution in [0.25, 0.3) is 0 Å². The summed E-state index contributed by atoms with van der Waals surface area (Å²) in [4.78, 5) is 4.34. The van der Waals surface area contributed by atoms with Gasteiger partial charge < -0.3 is 10.5 Å². The van der Waals surface area contributed by atoms with Crippen molar-refractivity contribution in [2.24, 2.45) is 0 Å². The second kappa shape index (κ2) is 4.92. The Hall–Kier alpha value is -2.03. The summed E-state index contributed by atoms with van der Waals surface area (Å²) in [6, 6.07) is 11.6. The van der Waals surface area contributed by atoms with Gasteiger partial charge in [-0.25, -0.2) is 4.98 Å². The largest absolute Gasteiger partial charge is 0.439 e. The zero-order valence-corrected chi connectivity index (χ0v) is 11.9. The van der Waals surface area contributed by atoms with Gasteiger partial charge in [-0.3, -0.25) is 0 Å². The van der Waals surface area contributed by atoms with Crippen molar-refractivity contribution in [2.75, 3.05) is 5.73 Å². The van der Waals surface area contributed by atoms with Gasteiger partial charge in [0.15, 0.2) is 0 Å². The molecule has 0 amide bonds. The fourth-order valence-electron chi connectivity index (χ4n) is 1.89. The average Bonchev–Trinajstić information content (AvgIpc) is 2.33. The highest BCUT2D eigenvalue weighted by molar-refractivity contribution is 5.45. The van der Waals surface area contributed by atoms with Crippen LogP contribution in [0.3, 0.4) is 0 Å². The molecule has 0 radical (unpaired) electrons. The number of nitrogens with zero attached hydrogens (tertiary/aromatic N) is 1. The molecule has 0 atom stereocenters. The molecule has 2 rings (SSSR count). The van der Waals surface area contributed by atoms with Gasteiger partial charge in [-0.1, -0.05) is 39.0 Å². The second-order valence-electron chi connectivity index (χ2n) is 5.67. The van der Waals surface area contributed by atoms with Crippen LogP contribution in [0.15, 0.2) is 36.4 Å². The molecule has 0 aliphatic rings. The van der Waals surface area contributed by atoms with Crippen molar-refractivity contribution < 1.29 is 4.74 Å². The van der Waals surface area contributed by atoms with E-state index in [-0.39, 0.29) is 5.41 Å². The molecule has 0 saturated heterocycles. The number of para-hydroxylation sites is 1. The molecule has 3 nitrogen and oxygen atoms in total. The van der Waals surface area contributed by atoms with E-state index in [1.54, 1.807) is 6.07 Å². The Kier molecular flexibility index (Phi) is 3.47. The van der Waals surface area contributed by atoms with Crippen LogP contribution in [0.4, 0.5) is 5.69 Å². The topological polar surface area (TPSA) is 48.1 Å². The van der Waals surface area contributed by atoms with E-state index >= 15 is 0 Å². The number of hydrogen-bond donors (Lipinski definition) is 1. The number of anilines is 1. The molecule has 0 aliphatic carbocycles. The van der Waals surface area contributed by atoms with Gasteiger partial charge in [-0.2, -0.15) is 0 Å². The summed E-state index contributed by atoms with van der Waals surface area (Å²) in [6.07, 6.45) is 0. The van der Waals surface area contributed by atoms with Crippen molar-refractivity contribution in [3.8, 4) is 11.6 Å². The first-order valence-corrected chi connectivity index (χ1v) is 6.38. The van der Waals surface area contributed by atoms with E-state index in [9.17, 15) is 0 Å². The van der Waals surface area contributed by atoms with Gasteiger partial charge in [0.1, 0.15) is 5.75 Å². The Morgan fingerprint density at radius 3 is 2.37 bits per heavy atom. The van der Waals surface area contributed by atoms with Crippen LogP contribution in [0, 0.1) is 6.92 Å². The minimum absolute atomic E-state index is 0.0272. The molecule has 0 bridgehead atoms. The first-order valence-electron chi connectivity index (χ1n) is 6.38. The fraction of sp³-hybridized carbons (Fsp3) is 0.312. The molecule has 2 aromatic rings. The van der Waals surface area contributed by atoms with Crippen LogP contribution in [0.2, 0.25) is 0 Å². The molecule has 0 saturated carbocycles. The van der Waals surface area contributed by atoms with E-state index in [1.165, 1.54) is 0 Å². The highest BCUT2D eigenvalue weighted by Gasteiger charge is 2.19. The third-order valence-electron chi connectivity index (χ3n) is 3.01. The molecule has 100 valence electrons. The van der Waals surface area contributed by atoms with Gasteiger partial charge in [-0.15, -0.1) is 0 Å². The summed E-state index contributed by atoms with van der Waals surface area (Å²) in [5, 5.41) is 0. The van der Waals surface area contributed by atoms with E-state index < -0.39 is 0 Å². The number of ether oxygens (including phenoxy) is 1. The number of rotatable bonds is 2. The third-order valence-corrected chi connectivity index (χ3v) is 3.01. The van der Waals surface area contributed by atoms with Gasteiger partial charge in [0.2, 0.25) is 5.88 Å². The van der Waals surface area contributed by atoms with Crippen LogP contribution < -0.4 is 10.5 Å². The van der Waals surface area contributed by atoms with Crippen molar-refractivity contribution in [3.63, 3.8) is 0 Å². The Bertz CT molecular complexity index is 586. The standard InChI is InChI=1S/C16H20N2O/c1-11-13(17)9-10-15(18-11)19-14-8-6-5-7-12(14)16(2,3)4/h5-10H,17H2,1-4H3. The Balaban J connectivity index is 2.36. The van der Waals surface area contributed by atoms with Gasteiger partial charge in [0, 0.05) is 11.6 Å². The van der Waals surface area contributed by atoms with Crippen molar-refractivity contribution >= 4 is 5.69 Å². The maximum Gasteiger partial charge on any atom is 0.219 e. The summed E-state index contributed by atoms with van der Waals surface area (Å²) < 4.78 is 5.91. The summed E-state index contributed by atoms with van der Waals surface area (Å²) >= 11 is 0. The van der Waals surface area contributed by atoms with Crippen LogP contribution in [0.1, 0.15) is 32.0 Å². The van der Waals surface area contributed by atoms with Crippen LogP contribution in [-0.4, -0.2) is 4.98 Å². The molecule has 1 heterocycles. The van der Waals surface area contributed by atoms with Gasteiger partial charge in [-0.05, 0) is 24.5 Å². The first-order chi connectivity index (χ1) is 8.88. The molecule has 1 aromatic heterocycles. The van der Waals surface area contributed by atoms with E-state index in [0.717, 1.165) is 17.0 Å². The number of pyridine rings is 1. The first kappa shape index (κ1) is 13.4. The minimum Gasteiger partial charge on any atom is -0.439 e. The van der Waals surface area contributed by atoms with Crippen molar-refractivity contribution in [1.82, 2.24) is 4.98 Å². The molecular weight excluding hydrogens is 236 g/mol. The van der Waals surface area contributed by atoms with E-state index in [4.69, 9.17) is 10.5 Å². The average molecular weight is 256 g/mol. The Labute approximate surface area is 114 Å². The van der Waals surface area contributed by atoms with E-state index in [2.05, 4.69) is 31.8 Å². The third kappa shape index (κ3) is 3.05. The van der Waals surface area contributed by atoms with Gasteiger partial charge in [0.05, 0.1) is 11.4 Å². The molecule has 19 heavy (non-hydrogen) atoms. The molecule has 1 aromatic carbocycles. The van der Waals surface area contributed by atoms with E-state index in [1.807, 2.05) is 31.2 Å².